The number of nitrogens with zero attached hydrogens (tertiary/aromatic N) is 3. The van der Waals surface area contributed by atoms with Crippen LogP contribution in [-0.4, -0.2) is 45.3 Å². The van der Waals surface area contributed by atoms with Gasteiger partial charge in [0.05, 0.1) is 5.41 Å². The Labute approximate surface area is 127 Å². The summed E-state index contributed by atoms with van der Waals surface area (Å²) in [6, 6.07) is -0.298. The van der Waals surface area contributed by atoms with Gasteiger partial charge in [-0.3, -0.25) is 10.1 Å². The van der Waals surface area contributed by atoms with Crippen molar-refractivity contribution in [3.8, 4) is 0 Å². The third kappa shape index (κ3) is 3.31. The van der Waals surface area contributed by atoms with E-state index in [-0.39, 0.29) is 12.6 Å². The highest BCUT2D eigenvalue weighted by atomic mass is 32.1. The molecule has 1 unspecified atom stereocenters. The van der Waals surface area contributed by atoms with Gasteiger partial charge in [0.15, 0.2) is 0 Å². The van der Waals surface area contributed by atoms with Gasteiger partial charge in [-0.2, -0.15) is 0 Å². The van der Waals surface area contributed by atoms with E-state index >= 15 is 0 Å². The largest absolute Gasteiger partial charge is 0.481 e. The smallest absolute Gasteiger partial charge is 0.323 e. The molecular formula is C13H20N4O3S. The molecule has 1 atom stereocenters. The lowest BCUT2D eigenvalue weighted by atomic mass is 9.83. The predicted molar refractivity (Wildman–Crippen MR) is 79.5 cm³/mol. The van der Waals surface area contributed by atoms with Crippen molar-refractivity contribution in [2.75, 3.05) is 18.4 Å². The summed E-state index contributed by atoms with van der Waals surface area (Å²) in [7, 11) is 0. The van der Waals surface area contributed by atoms with E-state index in [9.17, 15) is 14.7 Å². The number of aliphatic carboxylic acids is 1. The quantitative estimate of drug-likeness (QED) is 0.869. The van der Waals surface area contributed by atoms with Crippen molar-refractivity contribution >= 4 is 28.5 Å². The number of carboxylic acids is 1. The number of rotatable bonds is 5. The number of carbonyl (C=O) groups excluding carboxylic acids is 1. The van der Waals surface area contributed by atoms with E-state index in [0.29, 0.717) is 24.5 Å². The molecule has 1 aliphatic heterocycles. The summed E-state index contributed by atoms with van der Waals surface area (Å²) in [5.74, 6) is -0.816. The maximum atomic E-state index is 12.2. The first-order chi connectivity index (χ1) is 10.0. The summed E-state index contributed by atoms with van der Waals surface area (Å²) in [5.41, 5.74) is -0.804. The van der Waals surface area contributed by atoms with Gasteiger partial charge in [-0.1, -0.05) is 31.6 Å². The van der Waals surface area contributed by atoms with Crippen LogP contribution < -0.4 is 5.32 Å². The fourth-order valence-electron chi connectivity index (χ4n) is 2.63. The molecular weight excluding hydrogens is 292 g/mol. The Morgan fingerprint density at radius 2 is 2.19 bits per heavy atom. The van der Waals surface area contributed by atoms with E-state index in [0.717, 1.165) is 17.8 Å². The topological polar surface area (TPSA) is 95.4 Å². The predicted octanol–water partition coefficient (Wildman–Crippen LogP) is 2.21. The van der Waals surface area contributed by atoms with Crippen LogP contribution in [0.5, 0.6) is 0 Å². The minimum absolute atomic E-state index is 0.251. The molecule has 116 valence electrons. The molecule has 1 saturated heterocycles. The monoisotopic (exact) mass is 312 g/mol. The fourth-order valence-corrected chi connectivity index (χ4v) is 3.30. The van der Waals surface area contributed by atoms with Gasteiger partial charge >= 0.3 is 12.0 Å². The van der Waals surface area contributed by atoms with Crippen LogP contribution in [0.15, 0.2) is 0 Å². The number of amides is 2. The maximum Gasteiger partial charge on any atom is 0.323 e. The average Bonchev–Trinajstić information content (AvgIpc) is 3.06. The first-order valence-corrected chi connectivity index (χ1v) is 7.94. The Morgan fingerprint density at radius 3 is 2.76 bits per heavy atom. The van der Waals surface area contributed by atoms with Gasteiger partial charge in [0, 0.05) is 13.1 Å². The maximum absolute atomic E-state index is 12.2. The summed E-state index contributed by atoms with van der Waals surface area (Å²) in [5, 5.41) is 21.3. The molecule has 2 amide bonds. The molecule has 0 saturated carbocycles. The van der Waals surface area contributed by atoms with Crippen LogP contribution in [0, 0.1) is 5.41 Å². The molecule has 21 heavy (non-hydrogen) atoms. The molecule has 8 heteroatoms. The number of hydrogen-bond donors (Lipinski definition) is 2. The van der Waals surface area contributed by atoms with Crippen LogP contribution in [0.25, 0.3) is 0 Å². The van der Waals surface area contributed by atoms with Crippen LogP contribution in [0.2, 0.25) is 0 Å². The molecule has 2 heterocycles. The van der Waals surface area contributed by atoms with Crippen molar-refractivity contribution in [3.63, 3.8) is 0 Å². The van der Waals surface area contributed by atoms with Gasteiger partial charge in [-0.25, -0.2) is 4.79 Å². The van der Waals surface area contributed by atoms with E-state index in [1.54, 1.807) is 4.90 Å². The molecule has 1 fully saturated rings. The molecule has 0 radical (unpaired) electrons. The molecule has 1 aromatic heterocycles. The van der Waals surface area contributed by atoms with E-state index in [1.165, 1.54) is 11.3 Å². The van der Waals surface area contributed by atoms with E-state index < -0.39 is 11.4 Å². The Bertz CT molecular complexity index is 533. The third-order valence-electron chi connectivity index (χ3n) is 3.81. The Hall–Kier alpha value is -1.70. The molecule has 2 N–H and O–H groups in total. The molecule has 0 bridgehead atoms. The third-order valence-corrected chi connectivity index (χ3v) is 4.79. The molecule has 0 aliphatic carbocycles. The standard InChI is InChI=1S/C13H20N4O3S/c1-3-5-13(10(18)19)6-7-17(8-13)12(20)14-11-16-15-9(4-2)21-11/h3-8H2,1-2H3,(H,18,19)(H,14,16,20). The number of aromatic nitrogens is 2. The Kier molecular flexibility index (Phi) is 4.76. The number of anilines is 1. The number of carbonyl (C=O) groups is 2. The van der Waals surface area contributed by atoms with Crippen molar-refractivity contribution in [1.82, 2.24) is 15.1 Å². The Morgan fingerprint density at radius 1 is 1.43 bits per heavy atom. The lowest BCUT2D eigenvalue weighted by Gasteiger charge is -2.24. The lowest BCUT2D eigenvalue weighted by molar-refractivity contribution is -0.148. The summed E-state index contributed by atoms with van der Waals surface area (Å²) in [4.78, 5) is 25.2. The van der Waals surface area contributed by atoms with Crippen LogP contribution >= 0.6 is 11.3 Å². The zero-order valence-electron chi connectivity index (χ0n) is 12.3. The van der Waals surface area contributed by atoms with Crippen molar-refractivity contribution in [3.05, 3.63) is 5.01 Å². The summed E-state index contributed by atoms with van der Waals surface area (Å²) >= 11 is 1.34. The summed E-state index contributed by atoms with van der Waals surface area (Å²) < 4.78 is 0. The van der Waals surface area contributed by atoms with E-state index in [2.05, 4.69) is 15.5 Å². The van der Waals surface area contributed by atoms with Gasteiger partial charge in [0.25, 0.3) is 0 Å². The molecule has 1 aromatic rings. The minimum atomic E-state index is -0.816. The number of carboxylic acid groups (broad SMARTS) is 1. The van der Waals surface area contributed by atoms with Gasteiger partial charge in [0.2, 0.25) is 5.13 Å². The number of likely N-dealkylation sites (tertiary alicyclic amines) is 1. The van der Waals surface area contributed by atoms with E-state index in [4.69, 9.17) is 0 Å². The van der Waals surface area contributed by atoms with Gasteiger partial charge in [-0.15, -0.1) is 10.2 Å². The van der Waals surface area contributed by atoms with Crippen LogP contribution in [0.4, 0.5) is 9.93 Å². The lowest BCUT2D eigenvalue weighted by Crippen LogP contribution is -2.38. The van der Waals surface area contributed by atoms with Crippen LogP contribution in [-0.2, 0) is 11.2 Å². The van der Waals surface area contributed by atoms with E-state index in [1.807, 2.05) is 13.8 Å². The minimum Gasteiger partial charge on any atom is -0.481 e. The second-order valence-electron chi connectivity index (χ2n) is 5.29. The van der Waals surface area contributed by atoms with Crippen molar-refractivity contribution in [1.29, 1.82) is 0 Å². The van der Waals surface area contributed by atoms with Crippen LogP contribution in [0.1, 0.15) is 38.1 Å². The van der Waals surface area contributed by atoms with Crippen molar-refractivity contribution < 1.29 is 14.7 Å². The molecule has 0 spiro atoms. The second-order valence-corrected chi connectivity index (χ2v) is 6.35. The van der Waals surface area contributed by atoms with Gasteiger partial charge in [0.1, 0.15) is 5.01 Å². The first kappa shape index (κ1) is 15.7. The average molecular weight is 312 g/mol. The molecule has 7 nitrogen and oxygen atoms in total. The second kappa shape index (κ2) is 6.38. The summed E-state index contributed by atoms with van der Waals surface area (Å²) in [6.07, 6.45) is 2.65. The number of hydrogen-bond acceptors (Lipinski definition) is 5. The normalized spacial score (nSPS) is 21.5. The Balaban J connectivity index is 1.99. The summed E-state index contributed by atoms with van der Waals surface area (Å²) in [6.45, 7) is 4.64. The molecule has 0 aromatic carbocycles. The highest BCUT2D eigenvalue weighted by molar-refractivity contribution is 7.15. The number of nitrogens with one attached hydrogen (secondary N) is 1. The first-order valence-electron chi connectivity index (χ1n) is 7.12. The fraction of sp³-hybridized carbons (Fsp3) is 0.692. The zero-order chi connectivity index (χ0) is 15.5. The molecule has 2 rings (SSSR count). The number of aryl methyl sites for hydroxylation is 1. The van der Waals surface area contributed by atoms with Crippen molar-refractivity contribution in [2.45, 2.75) is 39.5 Å². The van der Waals surface area contributed by atoms with Crippen LogP contribution in [0.3, 0.4) is 0 Å². The molecule has 1 aliphatic rings. The van der Waals surface area contributed by atoms with Gasteiger partial charge < -0.3 is 10.0 Å². The number of urea groups is 1. The van der Waals surface area contributed by atoms with Gasteiger partial charge in [-0.05, 0) is 19.3 Å². The van der Waals surface area contributed by atoms with Crippen molar-refractivity contribution in [2.24, 2.45) is 5.41 Å². The highest BCUT2D eigenvalue weighted by Gasteiger charge is 2.45. The highest BCUT2D eigenvalue weighted by Crippen LogP contribution is 2.35. The zero-order valence-corrected chi connectivity index (χ0v) is 13.1. The SMILES string of the molecule is CCCC1(C(=O)O)CCN(C(=O)Nc2nnc(CC)s2)C1.